The van der Waals surface area contributed by atoms with Crippen molar-refractivity contribution in [2.45, 2.75) is 193 Å². The lowest BCUT2D eigenvalue weighted by Gasteiger charge is -2.05. The molecule has 2 N–H and O–H groups in total. The molecule has 0 aliphatic carbocycles. The zero-order chi connectivity index (χ0) is 27.9. The topological polar surface area (TPSA) is 74.6 Å². The molecule has 4 heteroatoms. The molecule has 0 spiro atoms. The van der Waals surface area contributed by atoms with E-state index in [0.29, 0.717) is 6.42 Å². The summed E-state index contributed by atoms with van der Waals surface area (Å²) in [5, 5.41) is 17.7. The summed E-state index contributed by atoms with van der Waals surface area (Å²) in [7, 11) is 0. The van der Waals surface area contributed by atoms with E-state index in [-0.39, 0.29) is 5.57 Å². The maximum absolute atomic E-state index is 11.0. The van der Waals surface area contributed by atoms with Gasteiger partial charge in [0, 0.05) is 11.6 Å². The van der Waals surface area contributed by atoms with E-state index in [4.69, 9.17) is 10.2 Å². The Morgan fingerprint density at radius 1 is 0.421 bits per heavy atom. The van der Waals surface area contributed by atoms with Gasteiger partial charge in [0.25, 0.3) is 0 Å². The smallest absolute Gasteiger partial charge is 0.331 e. The molecule has 0 atom stereocenters. The Morgan fingerprint density at radius 2 is 0.658 bits per heavy atom. The Morgan fingerprint density at radius 3 is 0.868 bits per heavy atom. The van der Waals surface area contributed by atoms with E-state index in [2.05, 4.69) is 6.92 Å². The molecule has 38 heavy (non-hydrogen) atoms. The third-order valence-electron chi connectivity index (χ3n) is 7.87. The van der Waals surface area contributed by atoms with Gasteiger partial charge in [0.2, 0.25) is 0 Å². The number of hydrogen-bond acceptors (Lipinski definition) is 2. The van der Waals surface area contributed by atoms with E-state index in [9.17, 15) is 9.59 Å². The minimum atomic E-state index is -1.18. The van der Waals surface area contributed by atoms with Crippen molar-refractivity contribution in [1.82, 2.24) is 0 Å². The van der Waals surface area contributed by atoms with Gasteiger partial charge in [-0.1, -0.05) is 180 Å². The van der Waals surface area contributed by atoms with E-state index in [1.807, 2.05) is 0 Å². The van der Waals surface area contributed by atoms with Crippen molar-refractivity contribution in [3.05, 3.63) is 11.6 Å². The van der Waals surface area contributed by atoms with Crippen molar-refractivity contribution in [2.75, 3.05) is 0 Å². The molecule has 0 radical (unpaired) electrons. The van der Waals surface area contributed by atoms with Crippen molar-refractivity contribution in [1.29, 1.82) is 0 Å². The van der Waals surface area contributed by atoms with Crippen LogP contribution >= 0.6 is 0 Å². The van der Waals surface area contributed by atoms with Crippen molar-refractivity contribution in [2.24, 2.45) is 0 Å². The summed E-state index contributed by atoms with van der Waals surface area (Å²) in [4.78, 5) is 21.6. The first-order valence-corrected chi connectivity index (χ1v) is 16.7. The molecule has 0 amide bonds. The highest BCUT2D eigenvalue weighted by Gasteiger charge is 2.08. The molecule has 0 heterocycles. The van der Waals surface area contributed by atoms with E-state index >= 15 is 0 Å². The summed E-state index contributed by atoms with van der Waals surface area (Å²) >= 11 is 0. The number of carboxylic acid groups (broad SMARTS) is 2. The largest absolute Gasteiger partial charge is 0.478 e. The standard InChI is InChI=1S/C34H64O4/c1-2-3-4-5-6-7-8-9-10-11-12-13-14-15-16-17-18-19-20-21-22-23-24-25-26-27-28-29-30-32(34(37)38)31-33(35)36/h31H,2-30H2,1H3,(H,35,36)(H,37,38)/b32-31-. The van der Waals surface area contributed by atoms with Gasteiger partial charge in [0.1, 0.15) is 0 Å². The van der Waals surface area contributed by atoms with Gasteiger partial charge in [0.15, 0.2) is 0 Å². The van der Waals surface area contributed by atoms with Gasteiger partial charge in [-0.15, -0.1) is 0 Å². The fourth-order valence-electron chi connectivity index (χ4n) is 5.37. The molecule has 0 aromatic carbocycles. The average Bonchev–Trinajstić information content (AvgIpc) is 2.89. The van der Waals surface area contributed by atoms with Crippen molar-refractivity contribution in [3.63, 3.8) is 0 Å². The molecule has 0 fully saturated rings. The van der Waals surface area contributed by atoms with Crippen LogP contribution in [0.1, 0.15) is 193 Å². The average molecular weight is 537 g/mol. The van der Waals surface area contributed by atoms with Gasteiger partial charge < -0.3 is 10.2 Å². The second kappa shape index (κ2) is 30.2. The fraction of sp³-hybridized carbons (Fsp3) is 0.882. The van der Waals surface area contributed by atoms with Crippen LogP contribution in [-0.4, -0.2) is 22.2 Å². The highest BCUT2D eigenvalue weighted by molar-refractivity contribution is 5.94. The van der Waals surface area contributed by atoms with Gasteiger partial charge in [0.05, 0.1) is 0 Å². The van der Waals surface area contributed by atoms with Crippen LogP contribution in [0.15, 0.2) is 11.6 Å². The van der Waals surface area contributed by atoms with Gasteiger partial charge in [-0.2, -0.15) is 0 Å². The van der Waals surface area contributed by atoms with Gasteiger partial charge in [-0.05, 0) is 12.8 Å². The van der Waals surface area contributed by atoms with Crippen molar-refractivity contribution in [3.8, 4) is 0 Å². The predicted octanol–water partition coefficient (Wildman–Crippen LogP) is 11.4. The maximum atomic E-state index is 11.0. The van der Waals surface area contributed by atoms with Crippen LogP contribution in [0.4, 0.5) is 0 Å². The number of hydrogen-bond donors (Lipinski definition) is 2. The Labute approximate surface area is 236 Å². The van der Waals surface area contributed by atoms with E-state index in [1.165, 1.54) is 161 Å². The summed E-state index contributed by atoms with van der Waals surface area (Å²) in [6.07, 6.45) is 39.2. The number of carbonyl (C=O) groups is 2. The van der Waals surface area contributed by atoms with Crippen LogP contribution in [0.5, 0.6) is 0 Å². The van der Waals surface area contributed by atoms with Crippen LogP contribution in [-0.2, 0) is 9.59 Å². The van der Waals surface area contributed by atoms with E-state index in [0.717, 1.165) is 25.3 Å². The van der Waals surface area contributed by atoms with Crippen LogP contribution in [0.3, 0.4) is 0 Å². The van der Waals surface area contributed by atoms with Gasteiger partial charge in [-0.25, -0.2) is 9.59 Å². The summed E-state index contributed by atoms with van der Waals surface area (Å²) in [6.45, 7) is 2.29. The Hall–Kier alpha value is -1.32. The summed E-state index contributed by atoms with van der Waals surface area (Å²) in [5.41, 5.74) is 0.00677. The molecule has 0 rings (SSSR count). The zero-order valence-electron chi connectivity index (χ0n) is 25.3. The molecule has 0 aromatic heterocycles. The number of carboxylic acids is 2. The monoisotopic (exact) mass is 536 g/mol. The van der Waals surface area contributed by atoms with Crippen molar-refractivity contribution < 1.29 is 19.8 Å². The summed E-state index contributed by atoms with van der Waals surface area (Å²) < 4.78 is 0. The molecule has 224 valence electrons. The zero-order valence-corrected chi connectivity index (χ0v) is 25.3. The van der Waals surface area contributed by atoms with E-state index in [1.54, 1.807) is 0 Å². The molecule has 0 saturated carbocycles. The third-order valence-corrected chi connectivity index (χ3v) is 7.87. The number of unbranched alkanes of at least 4 members (excludes halogenated alkanes) is 27. The minimum absolute atomic E-state index is 0.00677. The molecular weight excluding hydrogens is 472 g/mol. The SMILES string of the molecule is CCCCCCCCCCCCCCCCCCCCCCCCCCCCCC/C(=C/C(=O)O)C(=O)O. The second-order valence-electron chi connectivity index (χ2n) is 11.6. The third kappa shape index (κ3) is 29.2. The first-order chi connectivity index (χ1) is 18.6. The fourth-order valence-corrected chi connectivity index (χ4v) is 5.37. The second-order valence-corrected chi connectivity index (χ2v) is 11.6. The highest BCUT2D eigenvalue weighted by Crippen LogP contribution is 2.17. The molecule has 4 nitrogen and oxygen atoms in total. The molecule has 0 saturated heterocycles. The van der Waals surface area contributed by atoms with Crippen LogP contribution in [0.2, 0.25) is 0 Å². The normalized spacial score (nSPS) is 11.8. The minimum Gasteiger partial charge on any atom is -0.478 e. The molecule has 0 aromatic rings. The molecule has 0 bridgehead atoms. The summed E-state index contributed by atoms with van der Waals surface area (Å²) in [6, 6.07) is 0. The maximum Gasteiger partial charge on any atom is 0.331 e. The van der Waals surface area contributed by atoms with Crippen LogP contribution in [0, 0.1) is 0 Å². The van der Waals surface area contributed by atoms with Crippen molar-refractivity contribution >= 4 is 11.9 Å². The molecule has 0 unspecified atom stereocenters. The Balaban J connectivity index is 3.18. The lowest BCUT2D eigenvalue weighted by molar-refractivity contribution is -0.135. The quantitative estimate of drug-likeness (QED) is 0.0682. The molecule has 0 aliphatic rings. The van der Waals surface area contributed by atoms with Crippen LogP contribution < -0.4 is 0 Å². The Bertz CT molecular complexity index is 555. The summed E-state index contributed by atoms with van der Waals surface area (Å²) in [5.74, 6) is -2.29. The van der Waals surface area contributed by atoms with Crippen LogP contribution in [0.25, 0.3) is 0 Å². The predicted molar refractivity (Wildman–Crippen MR) is 163 cm³/mol. The number of rotatable bonds is 31. The van der Waals surface area contributed by atoms with Gasteiger partial charge in [-0.3, -0.25) is 0 Å². The Kier molecular flexibility index (Phi) is 29.2. The number of aliphatic carboxylic acids is 2. The first kappa shape index (κ1) is 36.7. The molecule has 0 aliphatic heterocycles. The lowest BCUT2D eigenvalue weighted by atomic mass is 10.0. The first-order valence-electron chi connectivity index (χ1n) is 16.7. The molecular formula is C34H64O4. The highest BCUT2D eigenvalue weighted by atomic mass is 16.4. The van der Waals surface area contributed by atoms with Gasteiger partial charge >= 0.3 is 11.9 Å². The van der Waals surface area contributed by atoms with E-state index < -0.39 is 11.9 Å². The lowest BCUT2D eigenvalue weighted by Crippen LogP contribution is -2.04.